The first-order valence-corrected chi connectivity index (χ1v) is 20.4. The molecule has 0 unspecified atom stereocenters. The number of esters is 1. The molecule has 4 aliphatic rings. The number of alkyl halides is 2. The highest BCUT2D eigenvalue weighted by atomic mass is 32.2. The second-order valence-electron chi connectivity index (χ2n) is 16.6. The number of carbonyl (C=O) groups excluding carboxylic acids is 4. The summed E-state index contributed by atoms with van der Waals surface area (Å²) in [6, 6.07) is 10.3. The van der Waals surface area contributed by atoms with Crippen LogP contribution in [0.4, 0.5) is 13.2 Å². The number of halogens is 3. The molecule has 0 bridgehead atoms. The second-order valence-corrected chi connectivity index (χ2v) is 18.6. The van der Waals surface area contributed by atoms with Crippen LogP contribution in [0.2, 0.25) is 0 Å². The molecule has 3 saturated carbocycles. The molecule has 294 valence electrons. The van der Waals surface area contributed by atoms with Gasteiger partial charge in [-0.15, -0.1) is 0 Å². The van der Waals surface area contributed by atoms with Gasteiger partial charge < -0.3 is 15.0 Å². The minimum atomic E-state index is -4.30. The summed E-state index contributed by atoms with van der Waals surface area (Å²) in [6.45, 7) is 4.81. The van der Waals surface area contributed by atoms with E-state index in [1.54, 1.807) is 45.0 Å². The van der Waals surface area contributed by atoms with Crippen molar-refractivity contribution in [1.82, 2.24) is 14.5 Å². The third kappa shape index (κ3) is 9.01. The molecule has 0 radical (unpaired) electrons. The fraction of sp³-hybridized carbons (Fsp3) is 0.600. The van der Waals surface area contributed by atoms with Gasteiger partial charge in [0.05, 0.1) is 29.3 Å². The minimum Gasteiger partial charge on any atom is -0.462 e. The monoisotopic (exact) mass is 773 g/mol. The molecule has 0 spiro atoms. The zero-order chi connectivity index (χ0) is 39.0. The van der Waals surface area contributed by atoms with Crippen molar-refractivity contribution in [2.45, 2.75) is 108 Å². The van der Waals surface area contributed by atoms with E-state index in [4.69, 9.17) is 4.74 Å². The third-order valence-electron chi connectivity index (χ3n) is 11.6. The van der Waals surface area contributed by atoms with Gasteiger partial charge in [0.25, 0.3) is 0 Å². The van der Waals surface area contributed by atoms with E-state index in [2.05, 4.69) is 5.32 Å². The number of rotatable bonds is 15. The van der Waals surface area contributed by atoms with Crippen molar-refractivity contribution in [3.63, 3.8) is 0 Å². The molecule has 0 aromatic heterocycles. The van der Waals surface area contributed by atoms with Gasteiger partial charge >= 0.3 is 5.97 Å². The van der Waals surface area contributed by atoms with Gasteiger partial charge in [0.1, 0.15) is 18.0 Å². The van der Waals surface area contributed by atoms with Crippen LogP contribution in [0.1, 0.15) is 85.0 Å². The highest BCUT2D eigenvalue weighted by molar-refractivity contribution is 7.89. The zero-order valence-corrected chi connectivity index (χ0v) is 31.9. The van der Waals surface area contributed by atoms with Crippen molar-refractivity contribution in [2.75, 3.05) is 19.8 Å². The number of Topliss-reactive ketones (excluding diaryl/α,β-unsaturated/α-hetero) is 1. The fourth-order valence-corrected chi connectivity index (χ4v) is 9.31. The Morgan fingerprint density at radius 2 is 1.56 bits per heavy atom. The van der Waals surface area contributed by atoms with Crippen LogP contribution >= 0.6 is 0 Å². The highest BCUT2D eigenvalue weighted by Gasteiger charge is 2.62. The van der Waals surface area contributed by atoms with Gasteiger partial charge in [-0.05, 0) is 97.6 Å². The Balaban J connectivity index is 1.27. The molecule has 3 aliphatic carbocycles. The maximum absolute atomic E-state index is 14.6. The number of hydrogen-bond donors (Lipinski definition) is 1. The van der Waals surface area contributed by atoms with Gasteiger partial charge in [0, 0.05) is 25.9 Å². The molecular formula is C40H50F3N3O7S. The Hall–Kier alpha value is -3.78. The predicted molar refractivity (Wildman–Crippen MR) is 194 cm³/mol. The molecule has 2 amide bonds. The number of amides is 2. The Bertz CT molecular complexity index is 1820. The van der Waals surface area contributed by atoms with Gasteiger partial charge in [-0.2, -0.15) is 4.31 Å². The summed E-state index contributed by atoms with van der Waals surface area (Å²) in [5, 5.41) is 2.85. The van der Waals surface area contributed by atoms with E-state index >= 15 is 0 Å². The molecule has 1 heterocycles. The van der Waals surface area contributed by atoms with Crippen LogP contribution in [-0.2, 0) is 33.9 Å². The second kappa shape index (κ2) is 15.8. The van der Waals surface area contributed by atoms with Gasteiger partial charge in [-0.1, -0.05) is 45.0 Å². The molecule has 1 aliphatic heterocycles. The van der Waals surface area contributed by atoms with Crippen LogP contribution in [0.3, 0.4) is 0 Å². The van der Waals surface area contributed by atoms with Crippen LogP contribution in [0, 0.1) is 34.4 Å². The molecule has 4 fully saturated rings. The van der Waals surface area contributed by atoms with Gasteiger partial charge in [-0.25, -0.2) is 21.6 Å². The molecule has 1 N–H and O–H groups in total. The van der Waals surface area contributed by atoms with Crippen molar-refractivity contribution < 1.29 is 45.5 Å². The molecule has 2 aromatic carbocycles. The van der Waals surface area contributed by atoms with Gasteiger partial charge in [0.15, 0.2) is 5.78 Å². The first-order valence-electron chi connectivity index (χ1n) is 18.9. The number of sulfonamides is 1. The van der Waals surface area contributed by atoms with Crippen molar-refractivity contribution in [2.24, 2.45) is 28.6 Å². The number of carbonyl (C=O) groups is 4. The number of ketones is 1. The maximum Gasteiger partial charge on any atom is 0.306 e. The lowest BCUT2D eigenvalue weighted by molar-refractivity contribution is -0.156. The number of nitrogens with one attached hydrogen (secondary N) is 1. The van der Waals surface area contributed by atoms with E-state index in [0.29, 0.717) is 23.6 Å². The van der Waals surface area contributed by atoms with Crippen LogP contribution < -0.4 is 5.32 Å². The summed E-state index contributed by atoms with van der Waals surface area (Å²) in [7, 11) is -4.30. The summed E-state index contributed by atoms with van der Waals surface area (Å²) in [6.07, 6.45) is 1.17. The smallest absolute Gasteiger partial charge is 0.306 e. The maximum atomic E-state index is 14.6. The van der Waals surface area contributed by atoms with Gasteiger partial charge in [-0.3, -0.25) is 19.2 Å². The number of ether oxygens (including phenoxy) is 1. The van der Waals surface area contributed by atoms with E-state index in [1.807, 2.05) is 0 Å². The van der Waals surface area contributed by atoms with E-state index in [1.165, 1.54) is 29.2 Å². The van der Waals surface area contributed by atoms with E-state index in [-0.39, 0.29) is 23.8 Å². The first-order chi connectivity index (χ1) is 25.5. The average molecular weight is 774 g/mol. The van der Waals surface area contributed by atoms with Crippen molar-refractivity contribution in [3.05, 3.63) is 54.3 Å². The van der Waals surface area contributed by atoms with Crippen LogP contribution in [0.5, 0.6) is 0 Å². The third-order valence-corrected chi connectivity index (χ3v) is 13.4. The van der Waals surface area contributed by atoms with Gasteiger partial charge in [0.2, 0.25) is 28.3 Å². The molecule has 10 nitrogen and oxygen atoms in total. The predicted octanol–water partition coefficient (Wildman–Crippen LogP) is 6.34. The molecule has 4 atom stereocenters. The van der Waals surface area contributed by atoms with Crippen LogP contribution in [-0.4, -0.2) is 79.5 Å². The average Bonchev–Trinajstić information content (AvgIpc) is 3.93. The first kappa shape index (κ1) is 39.9. The number of benzene rings is 2. The SMILES string of the molecule is CC(C)(C)[C@H](CC(=O)OC1CCCC1)C(=O)N1CN(S(=O)(=O)c2ccc(-c3ccc(F)cc3)cc2)C[C@H]1C(=O)C[C@]1(C(=O)NCC2CC2)C[C@H]1CC(F)F. The van der Waals surface area contributed by atoms with Crippen molar-refractivity contribution >= 4 is 33.6 Å². The Kier molecular flexibility index (Phi) is 11.6. The largest absolute Gasteiger partial charge is 0.462 e. The van der Waals surface area contributed by atoms with Crippen LogP contribution in [0.15, 0.2) is 53.4 Å². The summed E-state index contributed by atoms with van der Waals surface area (Å²) in [4.78, 5) is 56.7. The standard InChI is InChI=1S/C40H50F3N3O7S/c1-39(2,3)32(19-36(48)53-30-6-4-5-7-30)37(49)46-24-45(54(51,52)31-16-12-27(13-17-31)26-10-14-29(41)15-11-26)23-33(46)34(47)21-40(20-28(40)18-35(42)43)38(50)44-22-25-8-9-25/h10-17,25,28,30,32-33,35H,4-9,18-24H2,1-3H3,(H,44,50)/t28-,32-,33+,40-/m1/s1. The topological polar surface area (TPSA) is 130 Å². The lowest BCUT2D eigenvalue weighted by Crippen LogP contribution is -2.49. The summed E-state index contributed by atoms with van der Waals surface area (Å²) < 4.78 is 75.6. The fourth-order valence-electron chi connectivity index (χ4n) is 7.92. The quantitative estimate of drug-likeness (QED) is 0.209. The summed E-state index contributed by atoms with van der Waals surface area (Å²) in [5.74, 6) is -4.06. The van der Waals surface area contributed by atoms with Crippen molar-refractivity contribution in [1.29, 1.82) is 0 Å². The van der Waals surface area contributed by atoms with E-state index < -0.39 is 101 Å². The zero-order valence-electron chi connectivity index (χ0n) is 31.1. The Morgan fingerprint density at radius 1 is 0.944 bits per heavy atom. The molecule has 2 aromatic rings. The highest BCUT2D eigenvalue weighted by Crippen LogP contribution is 2.58. The number of nitrogens with zero attached hydrogens (tertiary/aromatic N) is 2. The molecular weight excluding hydrogens is 724 g/mol. The normalized spacial score (nSPS) is 24.1. The van der Waals surface area contributed by atoms with E-state index in [9.17, 15) is 40.8 Å². The molecule has 54 heavy (non-hydrogen) atoms. The molecule has 14 heteroatoms. The molecule has 6 rings (SSSR count). The van der Waals surface area contributed by atoms with Crippen LogP contribution in [0.25, 0.3) is 11.1 Å². The summed E-state index contributed by atoms with van der Waals surface area (Å²) in [5.41, 5.74) is -0.867. The lowest BCUT2D eigenvalue weighted by Gasteiger charge is -2.34. The Morgan fingerprint density at radius 3 is 2.13 bits per heavy atom. The number of hydrogen-bond acceptors (Lipinski definition) is 7. The lowest BCUT2D eigenvalue weighted by atomic mass is 9.77. The van der Waals surface area contributed by atoms with E-state index in [0.717, 1.165) is 42.8 Å². The summed E-state index contributed by atoms with van der Waals surface area (Å²) >= 11 is 0. The molecule has 1 saturated heterocycles. The minimum absolute atomic E-state index is 0.0836. The van der Waals surface area contributed by atoms with Crippen molar-refractivity contribution in [3.8, 4) is 11.1 Å². The Labute approximate surface area is 315 Å².